The summed E-state index contributed by atoms with van der Waals surface area (Å²) >= 11 is 1.30. The summed E-state index contributed by atoms with van der Waals surface area (Å²) in [4.78, 5) is 26.7. The van der Waals surface area contributed by atoms with Gasteiger partial charge in [0.25, 0.3) is 0 Å². The van der Waals surface area contributed by atoms with Crippen LogP contribution in [0.25, 0.3) is 0 Å². The molecule has 1 amide bonds. The molecule has 0 unspecified atom stereocenters. The molecule has 1 aromatic heterocycles. The van der Waals surface area contributed by atoms with E-state index in [0.29, 0.717) is 17.8 Å². The second kappa shape index (κ2) is 13.4. The van der Waals surface area contributed by atoms with Crippen LogP contribution in [0, 0.1) is 5.92 Å². The van der Waals surface area contributed by atoms with Crippen molar-refractivity contribution in [1.82, 2.24) is 4.90 Å². The highest BCUT2D eigenvalue weighted by Gasteiger charge is 2.28. The Bertz CT molecular complexity index is 939. The van der Waals surface area contributed by atoms with Crippen molar-refractivity contribution in [3.63, 3.8) is 0 Å². The monoisotopic (exact) mass is 483 g/mol. The Morgan fingerprint density at radius 2 is 1.91 bits per heavy atom. The molecular formula is C28H37NO4S. The number of carboxylic acids is 1. The smallest absolute Gasteiger partial charge is 0.345 e. The molecule has 2 heterocycles. The largest absolute Gasteiger partial charge is 0.477 e. The summed E-state index contributed by atoms with van der Waals surface area (Å²) in [5, 5.41) is 19.7. The van der Waals surface area contributed by atoms with Crippen LogP contribution in [0.2, 0.25) is 0 Å². The lowest BCUT2D eigenvalue weighted by atomic mass is 9.95. The van der Waals surface area contributed by atoms with E-state index in [-0.39, 0.29) is 17.9 Å². The van der Waals surface area contributed by atoms with Crippen molar-refractivity contribution in [3.05, 3.63) is 69.9 Å². The summed E-state index contributed by atoms with van der Waals surface area (Å²) in [6.07, 6.45) is 11.8. The minimum absolute atomic E-state index is 0.0399. The number of benzene rings is 1. The maximum absolute atomic E-state index is 12.4. The number of rotatable bonds is 14. The Balaban J connectivity index is 1.37. The number of likely N-dealkylation sites (tertiary alicyclic amines) is 1. The van der Waals surface area contributed by atoms with Gasteiger partial charge in [-0.05, 0) is 62.1 Å². The molecular weight excluding hydrogens is 446 g/mol. The van der Waals surface area contributed by atoms with Gasteiger partial charge < -0.3 is 15.1 Å². The van der Waals surface area contributed by atoms with Gasteiger partial charge in [-0.3, -0.25) is 4.79 Å². The molecule has 1 saturated heterocycles. The second-order valence-corrected chi connectivity index (χ2v) is 10.5. The van der Waals surface area contributed by atoms with E-state index in [4.69, 9.17) is 5.11 Å². The Hall–Kier alpha value is -2.44. The molecule has 1 aromatic carbocycles. The van der Waals surface area contributed by atoms with E-state index >= 15 is 0 Å². The van der Waals surface area contributed by atoms with E-state index in [0.717, 1.165) is 43.4 Å². The summed E-state index contributed by atoms with van der Waals surface area (Å²) in [7, 11) is 0. The van der Waals surface area contributed by atoms with Gasteiger partial charge in [0.05, 0.1) is 12.1 Å². The zero-order chi connectivity index (χ0) is 24.3. The normalized spacial score (nSPS) is 18.0. The predicted octanol–water partition coefficient (Wildman–Crippen LogP) is 5.73. The highest BCUT2D eigenvalue weighted by atomic mass is 32.1. The van der Waals surface area contributed by atoms with Gasteiger partial charge in [0.1, 0.15) is 4.88 Å². The first-order chi connectivity index (χ1) is 16.4. The molecule has 0 bridgehead atoms. The van der Waals surface area contributed by atoms with Crippen LogP contribution in [0.1, 0.15) is 72.0 Å². The molecule has 184 valence electrons. The van der Waals surface area contributed by atoms with Gasteiger partial charge in [-0.25, -0.2) is 4.79 Å². The summed E-state index contributed by atoms with van der Waals surface area (Å²) in [5.74, 6) is -0.537. The highest BCUT2D eigenvalue weighted by molar-refractivity contribution is 7.13. The molecule has 0 spiro atoms. The van der Waals surface area contributed by atoms with E-state index in [9.17, 15) is 14.7 Å². The van der Waals surface area contributed by atoms with Crippen molar-refractivity contribution in [2.45, 2.75) is 76.9 Å². The first-order valence-corrected chi connectivity index (χ1v) is 13.3. The van der Waals surface area contributed by atoms with Gasteiger partial charge in [-0.15, -0.1) is 11.3 Å². The predicted molar refractivity (Wildman–Crippen MR) is 137 cm³/mol. The van der Waals surface area contributed by atoms with Crippen molar-refractivity contribution in [3.8, 4) is 0 Å². The van der Waals surface area contributed by atoms with Crippen LogP contribution in [0.4, 0.5) is 0 Å². The van der Waals surface area contributed by atoms with Crippen LogP contribution in [-0.2, 0) is 17.6 Å². The highest BCUT2D eigenvalue weighted by Crippen LogP contribution is 2.23. The third-order valence-electron chi connectivity index (χ3n) is 6.65. The van der Waals surface area contributed by atoms with Crippen LogP contribution >= 0.6 is 11.3 Å². The van der Waals surface area contributed by atoms with Crippen molar-refractivity contribution in [2.75, 3.05) is 6.54 Å². The van der Waals surface area contributed by atoms with Gasteiger partial charge in [0.2, 0.25) is 5.91 Å². The molecule has 1 aliphatic rings. The lowest BCUT2D eigenvalue weighted by Gasteiger charge is -2.23. The molecule has 3 atom stereocenters. The van der Waals surface area contributed by atoms with Crippen LogP contribution in [0.5, 0.6) is 0 Å². The third-order valence-corrected chi connectivity index (χ3v) is 7.78. The molecule has 0 radical (unpaired) electrons. The SMILES string of the molecule is C[C@H](CCCCCc1ccccc1)[C@@H](O)C=C[C@H]1CCC(=O)N1CCCc1ccc(C(=O)O)s1. The summed E-state index contributed by atoms with van der Waals surface area (Å²) in [5.41, 5.74) is 1.38. The number of amides is 1. The number of aryl methyl sites for hydroxylation is 2. The van der Waals surface area contributed by atoms with Crippen molar-refractivity contribution in [1.29, 1.82) is 0 Å². The number of aromatic carboxylic acids is 1. The van der Waals surface area contributed by atoms with Crippen LogP contribution < -0.4 is 0 Å². The molecule has 6 heteroatoms. The van der Waals surface area contributed by atoms with Crippen LogP contribution in [-0.4, -0.2) is 45.7 Å². The van der Waals surface area contributed by atoms with E-state index in [1.807, 2.05) is 29.2 Å². The van der Waals surface area contributed by atoms with Gasteiger partial charge in [0, 0.05) is 17.8 Å². The molecule has 0 saturated carbocycles. The lowest BCUT2D eigenvalue weighted by molar-refractivity contribution is -0.128. The Morgan fingerprint density at radius 1 is 1.12 bits per heavy atom. The van der Waals surface area contributed by atoms with E-state index in [1.54, 1.807) is 6.07 Å². The number of thiophene rings is 1. The molecule has 5 nitrogen and oxygen atoms in total. The minimum atomic E-state index is -0.892. The number of unbranched alkanes of at least 4 members (excludes halogenated alkanes) is 2. The van der Waals surface area contributed by atoms with E-state index < -0.39 is 12.1 Å². The van der Waals surface area contributed by atoms with Crippen LogP contribution in [0.3, 0.4) is 0 Å². The number of nitrogens with zero attached hydrogens (tertiary/aromatic N) is 1. The molecule has 34 heavy (non-hydrogen) atoms. The number of carboxylic acid groups (broad SMARTS) is 1. The molecule has 3 rings (SSSR count). The average Bonchev–Trinajstić information content (AvgIpc) is 3.45. The minimum Gasteiger partial charge on any atom is -0.477 e. The van der Waals surface area contributed by atoms with Gasteiger partial charge >= 0.3 is 5.97 Å². The van der Waals surface area contributed by atoms with E-state index in [2.05, 4.69) is 31.2 Å². The first kappa shape index (κ1) is 26.2. The van der Waals surface area contributed by atoms with Gasteiger partial charge in [-0.1, -0.05) is 62.2 Å². The van der Waals surface area contributed by atoms with Crippen LogP contribution in [0.15, 0.2) is 54.6 Å². The number of aliphatic hydroxyl groups is 1. The Labute approximate surface area is 207 Å². The maximum atomic E-state index is 12.4. The molecule has 0 aliphatic carbocycles. The zero-order valence-corrected chi connectivity index (χ0v) is 20.9. The Morgan fingerprint density at radius 3 is 2.65 bits per heavy atom. The molecule has 2 N–H and O–H groups in total. The van der Waals surface area contributed by atoms with Crippen molar-refractivity contribution < 1.29 is 19.8 Å². The Kier molecular flexibility index (Phi) is 10.4. The van der Waals surface area contributed by atoms with Gasteiger partial charge in [0.15, 0.2) is 0 Å². The summed E-state index contributed by atoms with van der Waals surface area (Å²) < 4.78 is 0. The average molecular weight is 484 g/mol. The third kappa shape index (κ3) is 8.10. The first-order valence-electron chi connectivity index (χ1n) is 12.5. The van der Waals surface area contributed by atoms with Crippen molar-refractivity contribution >= 4 is 23.2 Å². The lowest BCUT2D eigenvalue weighted by Crippen LogP contribution is -2.33. The fourth-order valence-electron chi connectivity index (χ4n) is 4.52. The van der Waals surface area contributed by atoms with E-state index in [1.165, 1.54) is 29.7 Å². The molecule has 1 fully saturated rings. The standard InChI is InChI=1S/C28H37NO4S/c1-21(9-4-2-5-10-22-11-6-3-7-12-22)25(30)17-14-23-15-19-27(31)29(23)20-8-13-24-16-18-26(34-24)28(32)33/h3,6-7,11-12,14,16-18,21,23,25,30H,2,4-5,8-10,13,15,19-20H2,1H3,(H,32,33)/t21-,23+,25+/m1/s1. The summed E-state index contributed by atoms with van der Waals surface area (Å²) in [6, 6.07) is 14.1. The van der Waals surface area contributed by atoms with Crippen molar-refractivity contribution in [2.24, 2.45) is 5.92 Å². The van der Waals surface area contributed by atoms with Gasteiger partial charge in [-0.2, -0.15) is 0 Å². The molecule has 1 aliphatic heterocycles. The summed E-state index contributed by atoms with van der Waals surface area (Å²) in [6.45, 7) is 2.75. The zero-order valence-electron chi connectivity index (χ0n) is 20.1. The number of carbonyl (C=O) groups excluding carboxylic acids is 1. The second-order valence-electron chi connectivity index (χ2n) is 9.31. The fourth-order valence-corrected chi connectivity index (χ4v) is 5.41. The maximum Gasteiger partial charge on any atom is 0.345 e. The number of carbonyl (C=O) groups is 2. The molecule has 2 aromatic rings. The fraction of sp³-hybridized carbons (Fsp3) is 0.500. The topological polar surface area (TPSA) is 77.8 Å². The number of hydrogen-bond acceptors (Lipinski definition) is 4. The quantitative estimate of drug-likeness (QED) is 0.266. The number of aliphatic hydroxyl groups excluding tert-OH is 1. The number of hydrogen-bond donors (Lipinski definition) is 2.